The van der Waals surface area contributed by atoms with Crippen LogP contribution in [-0.4, -0.2) is 52.4 Å². The van der Waals surface area contributed by atoms with E-state index >= 15 is 0 Å². The number of amides is 2. The predicted molar refractivity (Wildman–Crippen MR) is 121 cm³/mol. The van der Waals surface area contributed by atoms with Crippen LogP contribution in [-0.2, 0) is 17.8 Å². The van der Waals surface area contributed by atoms with Gasteiger partial charge in [-0.3, -0.25) is 14.4 Å². The Morgan fingerprint density at radius 3 is 2.35 bits per heavy atom. The molecule has 1 aromatic carbocycles. The van der Waals surface area contributed by atoms with E-state index in [4.69, 9.17) is 0 Å². The molecule has 2 aromatic heterocycles. The minimum atomic E-state index is -0.0783. The van der Waals surface area contributed by atoms with Gasteiger partial charge in [0.05, 0.1) is 16.1 Å². The first-order valence-corrected chi connectivity index (χ1v) is 11.4. The van der Waals surface area contributed by atoms with Crippen LogP contribution in [0.2, 0.25) is 0 Å². The first-order chi connectivity index (χ1) is 15.0. The SMILES string of the molecule is CC(=O)N1CCN(C(=O)c2cc(-c3ccccc3)c(=O)n3c2-c2sccc2CC3)CC1. The molecule has 4 heterocycles. The number of fused-ring (bicyclic) bond motifs is 3. The molecule has 0 atom stereocenters. The lowest BCUT2D eigenvalue weighted by Gasteiger charge is -2.35. The summed E-state index contributed by atoms with van der Waals surface area (Å²) in [6.07, 6.45) is 0.787. The largest absolute Gasteiger partial charge is 0.339 e. The van der Waals surface area contributed by atoms with E-state index < -0.39 is 0 Å². The van der Waals surface area contributed by atoms with Crippen LogP contribution in [0, 0.1) is 0 Å². The average molecular weight is 434 g/mol. The molecule has 0 unspecified atom stereocenters. The Morgan fingerprint density at radius 1 is 0.935 bits per heavy atom. The number of rotatable bonds is 2. The summed E-state index contributed by atoms with van der Waals surface area (Å²) in [5, 5.41) is 2.02. The highest BCUT2D eigenvalue weighted by Crippen LogP contribution is 2.37. The number of piperazine rings is 1. The van der Waals surface area contributed by atoms with Crippen LogP contribution in [0.3, 0.4) is 0 Å². The van der Waals surface area contributed by atoms with Crippen LogP contribution in [0.4, 0.5) is 0 Å². The zero-order chi connectivity index (χ0) is 21.5. The first kappa shape index (κ1) is 19.8. The third-order valence-electron chi connectivity index (χ3n) is 6.18. The fourth-order valence-electron chi connectivity index (χ4n) is 4.48. The molecular formula is C24H23N3O3S. The molecule has 0 bridgehead atoms. The van der Waals surface area contributed by atoms with Crippen LogP contribution in [0.5, 0.6) is 0 Å². The maximum Gasteiger partial charge on any atom is 0.258 e. The second-order valence-corrected chi connectivity index (χ2v) is 8.88. The summed E-state index contributed by atoms with van der Waals surface area (Å²) in [6, 6.07) is 13.4. The van der Waals surface area contributed by atoms with Crippen LogP contribution in [0.1, 0.15) is 22.8 Å². The van der Waals surface area contributed by atoms with Crippen LogP contribution in [0.25, 0.3) is 21.7 Å². The second-order valence-electron chi connectivity index (χ2n) is 7.97. The number of carbonyl (C=O) groups is 2. The zero-order valence-corrected chi connectivity index (χ0v) is 18.2. The standard InChI is InChI=1S/C24H23N3O3S/c1-16(28)25-10-12-26(13-11-25)23(29)20-15-19(17-5-3-2-4-6-17)24(30)27-9-7-18-8-14-31-22(18)21(20)27/h2-6,8,14-15H,7,9-13H2,1H3. The Balaban J connectivity index is 1.63. The monoisotopic (exact) mass is 433 g/mol. The van der Waals surface area contributed by atoms with E-state index in [-0.39, 0.29) is 17.4 Å². The van der Waals surface area contributed by atoms with E-state index in [0.717, 1.165) is 22.6 Å². The number of hydrogen-bond donors (Lipinski definition) is 0. The zero-order valence-electron chi connectivity index (χ0n) is 17.3. The summed E-state index contributed by atoms with van der Waals surface area (Å²) in [4.78, 5) is 43.3. The van der Waals surface area contributed by atoms with Gasteiger partial charge in [-0.25, -0.2) is 0 Å². The number of carbonyl (C=O) groups excluding carboxylic acids is 2. The van der Waals surface area contributed by atoms with Crippen molar-refractivity contribution in [1.29, 1.82) is 0 Å². The van der Waals surface area contributed by atoms with Crippen LogP contribution in [0.15, 0.2) is 52.6 Å². The Kier molecular flexibility index (Phi) is 4.98. The Hall–Kier alpha value is -3.19. The van der Waals surface area contributed by atoms with Crippen LogP contribution < -0.4 is 5.56 Å². The average Bonchev–Trinajstić information content (AvgIpc) is 3.29. The number of aryl methyl sites for hydroxylation is 1. The topological polar surface area (TPSA) is 62.6 Å². The minimum absolute atomic E-state index is 0.0327. The Labute approximate surface area is 184 Å². The molecule has 2 aliphatic heterocycles. The van der Waals surface area contributed by atoms with Crippen LogP contribution >= 0.6 is 11.3 Å². The van der Waals surface area contributed by atoms with E-state index in [1.807, 2.05) is 35.7 Å². The first-order valence-electron chi connectivity index (χ1n) is 10.5. The summed E-state index contributed by atoms with van der Waals surface area (Å²) in [5.74, 6) is -0.0456. The minimum Gasteiger partial charge on any atom is -0.339 e. The van der Waals surface area contributed by atoms with Gasteiger partial charge in [-0.1, -0.05) is 30.3 Å². The van der Waals surface area contributed by atoms with Crippen molar-refractivity contribution in [3.05, 3.63) is 69.3 Å². The molecule has 31 heavy (non-hydrogen) atoms. The van der Waals surface area contributed by atoms with Crippen molar-refractivity contribution in [1.82, 2.24) is 14.4 Å². The molecule has 0 aliphatic carbocycles. The Bertz CT molecular complexity index is 1220. The maximum absolute atomic E-state index is 13.7. The van der Waals surface area contributed by atoms with Crippen molar-refractivity contribution in [3.8, 4) is 21.7 Å². The number of nitrogens with zero attached hydrogens (tertiary/aromatic N) is 3. The van der Waals surface area contributed by atoms with Gasteiger partial charge in [0.25, 0.3) is 11.5 Å². The van der Waals surface area contributed by atoms with Gasteiger partial charge in [0.15, 0.2) is 0 Å². The molecule has 0 saturated carbocycles. The molecule has 2 amide bonds. The normalized spacial score (nSPS) is 15.4. The molecule has 1 fully saturated rings. The van der Waals surface area contributed by atoms with Gasteiger partial charge in [-0.05, 0) is 35.1 Å². The van der Waals surface area contributed by atoms with Crippen molar-refractivity contribution in [2.24, 2.45) is 0 Å². The lowest BCUT2D eigenvalue weighted by atomic mass is 9.97. The van der Waals surface area contributed by atoms with Gasteiger partial charge in [-0.2, -0.15) is 0 Å². The number of benzene rings is 1. The lowest BCUT2D eigenvalue weighted by Crippen LogP contribution is -2.50. The van der Waals surface area contributed by atoms with Gasteiger partial charge >= 0.3 is 0 Å². The third-order valence-corrected chi connectivity index (χ3v) is 7.15. The van der Waals surface area contributed by atoms with Gasteiger partial charge in [0, 0.05) is 45.2 Å². The molecule has 6 nitrogen and oxygen atoms in total. The number of aromatic nitrogens is 1. The molecule has 0 N–H and O–H groups in total. The molecule has 2 aliphatic rings. The Morgan fingerprint density at radius 2 is 1.65 bits per heavy atom. The molecule has 7 heteroatoms. The molecular weight excluding hydrogens is 410 g/mol. The number of pyridine rings is 1. The molecule has 0 radical (unpaired) electrons. The van der Waals surface area contributed by atoms with E-state index in [1.165, 1.54) is 5.56 Å². The van der Waals surface area contributed by atoms with Crippen molar-refractivity contribution in [2.45, 2.75) is 19.9 Å². The third kappa shape index (κ3) is 3.39. The molecule has 1 saturated heterocycles. The van der Waals surface area contributed by atoms with Crippen molar-refractivity contribution >= 4 is 23.2 Å². The van der Waals surface area contributed by atoms with Gasteiger partial charge in [0.2, 0.25) is 5.91 Å². The molecule has 3 aromatic rings. The van der Waals surface area contributed by atoms with Crippen molar-refractivity contribution < 1.29 is 9.59 Å². The van der Waals surface area contributed by atoms with E-state index in [1.54, 1.807) is 38.7 Å². The summed E-state index contributed by atoms with van der Waals surface area (Å²) >= 11 is 1.58. The predicted octanol–water partition coefficient (Wildman–Crippen LogP) is 3.10. The van der Waals surface area contributed by atoms with E-state index in [2.05, 4.69) is 6.07 Å². The van der Waals surface area contributed by atoms with E-state index in [9.17, 15) is 14.4 Å². The smallest absolute Gasteiger partial charge is 0.258 e. The van der Waals surface area contributed by atoms with Crippen molar-refractivity contribution in [3.63, 3.8) is 0 Å². The highest BCUT2D eigenvalue weighted by atomic mass is 32.1. The summed E-state index contributed by atoms with van der Waals surface area (Å²) < 4.78 is 1.78. The quantitative estimate of drug-likeness (QED) is 0.624. The summed E-state index contributed by atoms with van der Waals surface area (Å²) in [7, 11) is 0. The van der Waals surface area contributed by atoms with Gasteiger partial charge < -0.3 is 14.4 Å². The second kappa shape index (κ2) is 7.81. The molecule has 158 valence electrons. The maximum atomic E-state index is 13.7. The lowest BCUT2D eigenvalue weighted by molar-refractivity contribution is -0.130. The van der Waals surface area contributed by atoms with E-state index in [0.29, 0.717) is 43.9 Å². The molecule has 5 rings (SSSR count). The number of hydrogen-bond acceptors (Lipinski definition) is 4. The highest BCUT2D eigenvalue weighted by Gasteiger charge is 2.30. The fourth-order valence-corrected chi connectivity index (χ4v) is 5.50. The number of thiophene rings is 1. The summed E-state index contributed by atoms with van der Waals surface area (Å²) in [6.45, 7) is 4.18. The fraction of sp³-hybridized carbons (Fsp3) is 0.292. The van der Waals surface area contributed by atoms with Crippen molar-refractivity contribution in [2.75, 3.05) is 26.2 Å². The van der Waals surface area contributed by atoms with Gasteiger partial charge in [-0.15, -0.1) is 11.3 Å². The summed E-state index contributed by atoms with van der Waals surface area (Å²) in [5.41, 5.74) is 3.80. The highest BCUT2D eigenvalue weighted by molar-refractivity contribution is 7.13. The molecule has 0 spiro atoms. The van der Waals surface area contributed by atoms with Gasteiger partial charge in [0.1, 0.15) is 0 Å².